The summed E-state index contributed by atoms with van der Waals surface area (Å²) in [5.41, 5.74) is -0.557. The van der Waals surface area contributed by atoms with Gasteiger partial charge in [-0.15, -0.1) is 0 Å². The smallest absolute Gasteiger partial charge is 0.271 e. The van der Waals surface area contributed by atoms with Gasteiger partial charge in [-0.3, -0.25) is 19.3 Å². The van der Waals surface area contributed by atoms with Crippen LogP contribution in [0.1, 0.15) is 84.5 Å². The van der Waals surface area contributed by atoms with E-state index in [1.165, 1.54) is 4.90 Å². The second-order valence-corrected chi connectivity index (χ2v) is 10.3. The first-order chi connectivity index (χ1) is 14.9. The third kappa shape index (κ3) is 4.76. The van der Waals surface area contributed by atoms with Crippen LogP contribution in [0.15, 0.2) is 18.2 Å². The van der Waals surface area contributed by atoms with Crippen LogP contribution in [0.3, 0.4) is 0 Å². The molecular weight excluding hydrogens is 406 g/mol. The second-order valence-electron chi connectivity index (χ2n) is 10.3. The van der Waals surface area contributed by atoms with Crippen molar-refractivity contribution < 1.29 is 19.1 Å². The predicted octanol–water partition coefficient (Wildman–Crippen LogP) is 3.90. The summed E-state index contributed by atoms with van der Waals surface area (Å²) in [5, 5.41) is 3.02. The van der Waals surface area contributed by atoms with Crippen LogP contribution in [0.25, 0.3) is 0 Å². The van der Waals surface area contributed by atoms with Crippen molar-refractivity contribution in [3.05, 3.63) is 23.8 Å². The standard InChI is InChI=1S/C25H37N3O4/c1-8-24(4,5)26-22(30)18-12-13-20-19(14-18)27(23(31)25(6,7)32-20)15-21(29)28-16(2)10-9-11-17(28)3/h12-14,16-17H,8-11,15H2,1-7H3,(H,26,30)/t16-,17-/m1/s1. The number of amides is 3. The number of nitrogens with one attached hydrogen (secondary N) is 1. The van der Waals surface area contributed by atoms with Gasteiger partial charge in [0, 0.05) is 23.2 Å². The Morgan fingerprint density at radius 3 is 2.41 bits per heavy atom. The lowest BCUT2D eigenvalue weighted by atomic mass is 9.97. The summed E-state index contributed by atoms with van der Waals surface area (Å²) < 4.78 is 5.94. The number of benzene rings is 1. The molecule has 1 N–H and O–H groups in total. The van der Waals surface area contributed by atoms with Crippen LogP contribution in [0.5, 0.6) is 5.75 Å². The van der Waals surface area contributed by atoms with Gasteiger partial charge >= 0.3 is 0 Å². The third-order valence-corrected chi connectivity index (χ3v) is 6.75. The highest BCUT2D eigenvalue weighted by atomic mass is 16.5. The number of rotatable bonds is 5. The van der Waals surface area contributed by atoms with Gasteiger partial charge in [-0.1, -0.05) is 6.92 Å². The van der Waals surface area contributed by atoms with Gasteiger partial charge in [-0.2, -0.15) is 0 Å². The lowest BCUT2D eigenvalue weighted by Crippen LogP contribution is -2.57. The van der Waals surface area contributed by atoms with Crippen LogP contribution in [0.2, 0.25) is 0 Å². The quantitative estimate of drug-likeness (QED) is 0.749. The van der Waals surface area contributed by atoms with Crippen molar-refractivity contribution in [3.8, 4) is 5.75 Å². The van der Waals surface area contributed by atoms with Crippen molar-refractivity contribution in [2.24, 2.45) is 0 Å². The highest BCUT2D eigenvalue weighted by Gasteiger charge is 2.43. The van der Waals surface area contributed by atoms with Crippen LogP contribution in [0.4, 0.5) is 5.69 Å². The molecular formula is C25H37N3O4. The van der Waals surface area contributed by atoms with Crippen molar-refractivity contribution >= 4 is 23.4 Å². The Hall–Kier alpha value is -2.57. The molecule has 7 heteroatoms. The molecule has 0 spiro atoms. The normalized spacial score (nSPS) is 22.8. The van der Waals surface area contributed by atoms with E-state index >= 15 is 0 Å². The molecule has 1 aromatic rings. The molecule has 0 aliphatic carbocycles. The Morgan fingerprint density at radius 1 is 1.19 bits per heavy atom. The Morgan fingerprint density at radius 2 is 1.81 bits per heavy atom. The molecule has 0 radical (unpaired) electrons. The number of carbonyl (C=O) groups is 3. The van der Waals surface area contributed by atoms with E-state index in [0.29, 0.717) is 17.0 Å². The highest BCUT2D eigenvalue weighted by molar-refractivity contribution is 6.07. The maximum Gasteiger partial charge on any atom is 0.271 e. The van der Waals surface area contributed by atoms with Crippen molar-refractivity contribution in [2.45, 2.75) is 97.4 Å². The summed E-state index contributed by atoms with van der Waals surface area (Å²) >= 11 is 0. The fourth-order valence-corrected chi connectivity index (χ4v) is 4.46. The molecule has 7 nitrogen and oxygen atoms in total. The first kappa shape index (κ1) is 24.1. The summed E-state index contributed by atoms with van der Waals surface area (Å²) in [6.45, 7) is 13.4. The number of ether oxygens (including phenoxy) is 1. The topological polar surface area (TPSA) is 79.0 Å². The number of piperidine rings is 1. The molecule has 1 fully saturated rings. The van der Waals surface area contributed by atoms with Gasteiger partial charge in [0.05, 0.1) is 5.69 Å². The zero-order valence-electron chi connectivity index (χ0n) is 20.4. The fraction of sp³-hybridized carbons (Fsp3) is 0.640. The lowest BCUT2D eigenvalue weighted by molar-refractivity contribution is -0.139. The van der Waals surface area contributed by atoms with E-state index in [-0.39, 0.29) is 41.9 Å². The monoisotopic (exact) mass is 443 g/mol. The number of nitrogens with zero attached hydrogens (tertiary/aromatic N) is 2. The van der Waals surface area contributed by atoms with Crippen LogP contribution in [-0.4, -0.2) is 52.4 Å². The predicted molar refractivity (Wildman–Crippen MR) is 125 cm³/mol. The Balaban J connectivity index is 1.93. The minimum atomic E-state index is -1.10. The van der Waals surface area contributed by atoms with Gasteiger partial charge in [-0.05, 0) is 85.4 Å². The first-order valence-corrected chi connectivity index (χ1v) is 11.6. The number of fused-ring (bicyclic) bond motifs is 1. The maximum absolute atomic E-state index is 13.3. The van der Waals surface area contributed by atoms with Crippen LogP contribution in [-0.2, 0) is 9.59 Å². The second kappa shape index (κ2) is 8.75. The summed E-state index contributed by atoms with van der Waals surface area (Å²) in [6.07, 6.45) is 3.82. The van der Waals surface area contributed by atoms with E-state index in [1.54, 1.807) is 32.0 Å². The van der Waals surface area contributed by atoms with Gasteiger partial charge in [0.1, 0.15) is 12.3 Å². The SMILES string of the molecule is CCC(C)(C)NC(=O)c1ccc2c(c1)N(CC(=O)N1[C@H](C)CCC[C@H]1C)C(=O)C(C)(C)O2. The molecule has 176 valence electrons. The van der Waals surface area contributed by atoms with E-state index in [1.807, 2.05) is 25.7 Å². The minimum absolute atomic E-state index is 0.0706. The average molecular weight is 444 g/mol. The Labute approximate surface area is 191 Å². The summed E-state index contributed by atoms with van der Waals surface area (Å²) in [6, 6.07) is 5.34. The van der Waals surface area contributed by atoms with Gasteiger partial charge in [0.2, 0.25) is 5.91 Å². The minimum Gasteiger partial charge on any atom is -0.476 e. The molecule has 3 rings (SSSR count). The highest BCUT2D eigenvalue weighted by Crippen LogP contribution is 2.39. The Kier molecular flexibility index (Phi) is 6.59. The van der Waals surface area contributed by atoms with E-state index in [2.05, 4.69) is 19.2 Å². The van der Waals surface area contributed by atoms with Crippen molar-refractivity contribution in [2.75, 3.05) is 11.4 Å². The maximum atomic E-state index is 13.3. The van der Waals surface area contributed by atoms with Crippen molar-refractivity contribution in [1.82, 2.24) is 10.2 Å². The van der Waals surface area contributed by atoms with Crippen LogP contribution in [0, 0.1) is 0 Å². The zero-order valence-corrected chi connectivity index (χ0v) is 20.4. The Bertz CT molecular complexity index is 898. The molecule has 1 aromatic carbocycles. The molecule has 2 aliphatic rings. The molecule has 0 bridgehead atoms. The number of carbonyl (C=O) groups excluding carboxylic acids is 3. The van der Waals surface area contributed by atoms with E-state index in [4.69, 9.17) is 4.74 Å². The van der Waals surface area contributed by atoms with Crippen LogP contribution >= 0.6 is 0 Å². The third-order valence-electron chi connectivity index (χ3n) is 6.75. The van der Waals surface area contributed by atoms with Crippen molar-refractivity contribution in [1.29, 1.82) is 0 Å². The average Bonchev–Trinajstić information content (AvgIpc) is 2.70. The number of hydrogen-bond donors (Lipinski definition) is 1. The number of hydrogen-bond acceptors (Lipinski definition) is 4. The van der Waals surface area contributed by atoms with Gasteiger partial charge in [-0.25, -0.2) is 0 Å². The number of anilines is 1. The van der Waals surface area contributed by atoms with E-state index in [0.717, 1.165) is 25.7 Å². The van der Waals surface area contributed by atoms with E-state index < -0.39 is 5.60 Å². The molecule has 0 aromatic heterocycles. The summed E-state index contributed by atoms with van der Waals surface area (Å²) in [5.74, 6) is -0.0966. The van der Waals surface area contributed by atoms with Crippen molar-refractivity contribution in [3.63, 3.8) is 0 Å². The first-order valence-electron chi connectivity index (χ1n) is 11.6. The molecule has 2 aliphatic heterocycles. The molecule has 1 saturated heterocycles. The fourth-order valence-electron chi connectivity index (χ4n) is 4.46. The lowest BCUT2D eigenvalue weighted by Gasteiger charge is -2.42. The van der Waals surface area contributed by atoms with Gasteiger partial charge in [0.25, 0.3) is 11.8 Å². The molecule has 2 atom stereocenters. The molecule has 0 saturated carbocycles. The van der Waals surface area contributed by atoms with Gasteiger partial charge in [0.15, 0.2) is 5.60 Å². The largest absolute Gasteiger partial charge is 0.476 e. The zero-order chi connectivity index (χ0) is 23.8. The molecule has 0 unspecified atom stereocenters. The van der Waals surface area contributed by atoms with E-state index in [9.17, 15) is 14.4 Å². The molecule has 2 heterocycles. The number of likely N-dealkylation sites (tertiary alicyclic amines) is 1. The summed E-state index contributed by atoms with van der Waals surface area (Å²) in [7, 11) is 0. The summed E-state index contributed by atoms with van der Waals surface area (Å²) in [4.78, 5) is 42.8. The molecule has 32 heavy (non-hydrogen) atoms. The van der Waals surface area contributed by atoms with Crippen LogP contribution < -0.4 is 15.0 Å². The molecule has 3 amide bonds. The van der Waals surface area contributed by atoms with Gasteiger partial charge < -0.3 is 15.0 Å².